The second kappa shape index (κ2) is 9.20. The van der Waals surface area contributed by atoms with E-state index >= 15 is 0 Å². The molecular formula is C19H23Cl2N3O. The monoisotopic (exact) mass is 379 g/mol. The fourth-order valence-corrected chi connectivity index (χ4v) is 3.24. The van der Waals surface area contributed by atoms with Crippen LogP contribution in [0.2, 0.25) is 0 Å². The molecule has 2 aromatic rings. The second-order valence-electron chi connectivity index (χ2n) is 6.15. The number of halogens is 2. The van der Waals surface area contributed by atoms with Gasteiger partial charge in [0.1, 0.15) is 6.10 Å². The largest absolute Gasteiger partial charge is 0.296 e. The quantitative estimate of drug-likeness (QED) is 0.888. The third kappa shape index (κ3) is 4.73. The van der Waals surface area contributed by atoms with Crippen LogP contribution in [0.3, 0.4) is 0 Å². The minimum absolute atomic E-state index is 0. The highest BCUT2D eigenvalue weighted by Gasteiger charge is 2.22. The zero-order valence-corrected chi connectivity index (χ0v) is 15.6. The Balaban J connectivity index is 0.00000113. The molecule has 0 saturated carbocycles. The van der Waals surface area contributed by atoms with Crippen LogP contribution in [0.4, 0.5) is 0 Å². The molecule has 2 aliphatic rings. The number of hydrogen-bond acceptors (Lipinski definition) is 4. The fourth-order valence-electron chi connectivity index (χ4n) is 3.24. The highest BCUT2D eigenvalue weighted by molar-refractivity contribution is 5.98. The fraction of sp³-hybridized carbons (Fsp3) is 0.316. The van der Waals surface area contributed by atoms with Crippen molar-refractivity contribution in [3.63, 3.8) is 0 Å². The Morgan fingerprint density at radius 2 is 1.72 bits per heavy atom. The van der Waals surface area contributed by atoms with E-state index in [0.29, 0.717) is 6.54 Å². The maximum atomic E-state index is 5.81. The van der Waals surface area contributed by atoms with Crippen molar-refractivity contribution in [3.8, 4) is 0 Å². The molecule has 2 heterocycles. The van der Waals surface area contributed by atoms with E-state index in [1.165, 1.54) is 11.1 Å². The topological polar surface area (TPSA) is 36.9 Å². The van der Waals surface area contributed by atoms with E-state index in [1.54, 1.807) is 0 Å². The van der Waals surface area contributed by atoms with Crippen molar-refractivity contribution in [3.05, 3.63) is 71.3 Å². The molecular weight excluding hydrogens is 357 g/mol. The number of nitrogens with zero attached hydrogens (tertiary/aromatic N) is 2. The summed E-state index contributed by atoms with van der Waals surface area (Å²) in [5.41, 5.74) is 7.01. The van der Waals surface area contributed by atoms with Crippen molar-refractivity contribution >= 4 is 30.6 Å². The molecule has 134 valence electrons. The minimum atomic E-state index is 0. The molecule has 6 heteroatoms. The number of rotatable bonds is 3. The molecule has 4 rings (SSSR count). The van der Waals surface area contributed by atoms with Gasteiger partial charge in [-0.25, -0.2) is 5.48 Å². The van der Waals surface area contributed by atoms with Crippen LogP contribution < -0.4 is 5.48 Å². The van der Waals surface area contributed by atoms with Crippen LogP contribution in [0.15, 0.2) is 59.6 Å². The van der Waals surface area contributed by atoms with Crippen LogP contribution in [-0.2, 0) is 17.8 Å². The second-order valence-corrected chi connectivity index (χ2v) is 6.15. The van der Waals surface area contributed by atoms with Crippen molar-refractivity contribution in [1.29, 1.82) is 0 Å². The molecule has 4 nitrogen and oxygen atoms in total. The summed E-state index contributed by atoms with van der Waals surface area (Å²) >= 11 is 0. The Morgan fingerprint density at radius 1 is 1.00 bits per heavy atom. The molecule has 0 aliphatic carbocycles. The van der Waals surface area contributed by atoms with E-state index in [0.717, 1.165) is 37.5 Å². The lowest BCUT2D eigenvalue weighted by Gasteiger charge is -2.32. The van der Waals surface area contributed by atoms with Crippen molar-refractivity contribution in [2.45, 2.75) is 19.1 Å². The van der Waals surface area contributed by atoms with E-state index < -0.39 is 0 Å². The first-order chi connectivity index (χ1) is 11.4. The van der Waals surface area contributed by atoms with E-state index in [1.807, 2.05) is 30.3 Å². The summed E-state index contributed by atoms with van der Waals surface area (Å²) in [5.74, 6) is 0.825. The first-order valence-electron chi connectivity index (χ1n) is 8.19. The molecule has 0 aromatic heterocycles. The number of hydroxylamine groups is 1. The summed E-state index contributed by atoms with van der Waals surface area (Å²) in [7, 11) is 0. The van der Waals surface area contributed by atoms with Gasteiger partial charge >= 0.3 is 0 Å². The average Bonchev–Trinajstić information content (AvgIpc) is 2.63. The lowest BCUT2D eigenvalue weighted by atomic mass is 10.00. The highest BCUT2D eigenvalue weighted by Crippen LogP contribution is 2.19. The number of fused-ring (bicyclic) bond motifs is 1. The average molecular weight is 380 g/mol. The van der Waals surface area contributed by atoms with Gasteiger partial charge in [-0.15, -0.1) is 24.8 Å². The van der Waals surface area contributed by atoms with Gasteiger partial charge in [0, 0.05) is 25.2 Å². The number of nitrogens with one attached hydrogen (secondary N) is 1. The van der Waals surface area contributed by atoms with Crippen LogP contribution >= 0.6 is 24.8 Å². The first-order valence-corrected chi connectivity index (χ1v) is 8.19. The molecule has 2 aromatic carbocycles. The highest BCUT2D eigenvalue weighted by atomic mass is 35.5. The van der Waals surface area contributed by atoms with E-state index in [9.17, 15) is 0 Å². The van der Waals surface area contributed by atoms with Crippen molar-refractivity contribution in [2.75, 3.05) is 19.6 Å². The van der Waals surface area contributed by atoms with Gasteiger partial charge in [0.05, 0.1) is 6.54 Å². The Labute approximate surface area is 161 Å². The van der Waals surface area contributed by atoms with Gasteiger partial charge in [0.25, 0.3) is 0 Å². The van der Waals surface area contributed by atoms with Gasteiger partial charge in [0.2, 0.25) is 0 Å². The Kier molecular flexibility index (Phi) is 7.26. The summed E-state index contributed by atoms with van der Waals surface area (Å²) in [6, 6.07) is 18.8. The molecule has 0 bridgehead atoms. The van der Waals surface area contributed by atoms with Gasteiger partial charge in [-0.2, -0.15) is 0 Å². The van der Waals surface area contributed by atoms with Gasteiger partial charge in [0.15, 0.2) is 5.84 Å². The number of benzene rings is 2. The molecule has 0 amide bonds. The van der Waals surface area contributed by atoms with Crippen molar-refractivity contribution < 1.29 is 4.84 Å². The molecule has 0 saturated heterocycles. The number of aliphatic imine (C=N–C) groups is 1. The normalized spacial score (nSPS) is 19.5. The number of hydrogen-bond donors (Lipinski definition) is 1. The predicted molar refractivity (Wildman–Crippen MR) is 106 cm³/mol. The van der Waals surface area contributed by atoms with Gasteiger partial charge < -0.3 is 0 Å². The standard InChI is InChI=1S/C19H21N3O.2ClH/c1-2-7-16(8-3-1)19-20-12-18(23-21-19)14-22-11-10-15-6-4-5-9-17(15)13-22;;/h1-9,18H,10-14H2,(H,20,21);2*1H. The summed E-state index contributed by atoms with van der Waals surface area (Å²) in [6.45, 7) is 3.71. The minimum Gasteiger partial charge on any atom is -0.296 e. The lowest BCUT2D eigenvalue weighted by Crippen LogP contribution is -2.45. The summed E-state index contributed by atoms with van der Waals surface area (Å²) < 4.78 is 0. The van der Waals surface area contributed by atoms with Gasteiger partial charge in [-0.1, -0.05) is 54.6 Å². The summed E-state index contributed by atoms with van der Waals surface area (Å²) in [5, 5.41) is 0. The van der Waals surface area contributed by atoms with Gasteiger partial charge in [-0.05, 0) is 17.5 Å². The van der Waals surface area contributed by atoms with Crippen LogP contribution in [0.1, 0.15) is 16.7 Å². The first kappa shape index (κ1) is 19.7. The molecule has 2 aliphatic heterocycles. The molecule has 25 heavy (non-hydrogen) atoms. The van der Waals surface area contributed by atoms with Crippen LogP contribution in [0.5, 0.6) is 0 Å². The van der Waals surface area contributed by atoms with Crippen molar-refractivity contribution in [1.82, 2.24) is 10.4 Å². The maximum Gasteiger partial charge on any atom is 0.152 e. The molecule has 1 atom stereocenters. The third-order valence-corrected chi connectivity index (χ3v) is 4.49. The zero-order valence-electron chi connectivity index (χ0n) is 13.9. The van der Waals surface area contributed by atoms with Crippen molar-refractivity contribution in [2.24, 2.45) is 4.99 Å². The SMILES string of the molecule is Cl.Cl.c1ccc(C2=NCC(CN3CCc4ccccc4C3)ON2)cc1. The van der Waals surface area contributed by atoms with E-state index in [4.69, 9.17) is 4.84 Å². The Hall–Kier alpha value is -1.59. The summed E-state index contributed by atoms with van der Waals surface area (Å²) in [4.78, 5) is 12.9. The predicted octanol–water partition coefficient (Wildman–Crippen LogP) is 3.24. The molecule has 0 fully saturated rings. The van der Waals surface area contributed by atoms with Crippen LogP contribution in [-0.4, -0.2) is 36.5 Å². The third-order valence-electron chi connectivity index (χ3n) is 4.49. The van der Waals surface area contributed by atoms with E-state index in [-0.39, 0.29) is 30.9 Å². The molecule has 0 spiro atoms. The lowest BCUT2D eigenvalue weighted by molar-refractivity contribution is -0.0152. The molecule has 1 unspecified atom stereocenters. The number of amidine groups is 1. The molecule has 0 radical (unpaired) electrons. The molecule has 1 N–H and O–H groups in total. The van der Waals surface area contributed by atoms with E-state index in [2.05, 4.69) is 39.6 Å². The zero-order chi connectivity index (χ0) is 15.5. The van der Waals surface area contributed by atoms with Crippen LogP contribution in [0.25, 0.3) is 0 Å². The maximum absolute atomic E-state index is 5.81. The Bertz CT molecular complexity index is 709. The summed E-state index contributed by atoms with van der Waals surface area (Å²) in [6.07, 6.45) is 1.22. The Morgan fingerprint density at radius 3 is 2.44 bits per heavy atom. The van der Waals surface area contributed by atoms with Gasteiger partial charge in [-0.3, -0.25) is 14.7 Å². The van der Waals surface area contributed by atoms with Crippen LogP contribution in [0, 0.1) is 0 Å². The smallest absolute Gasteiger partial charge is 0.152 e.